The van der Waals surface area contributed by atoms with Gasteiger partial charge >= 0.3 is 0 Å². The third-order valence-corrected chi connectivity index (χ3v) is 1.53. The Morgan fingerprint density at radius 1 is 1.55 bits per heavy atom. The highest BCUT2D eigenvalue weighted by Gasteiger charge is 2.25. The van der Waals surface area contributed by atoms with Crippen LogP contribution in [-0.4, -0.2) is 45.2 Å². The molecule has 0 heterocycles. The highest BCUT2D eigenvalue weighted by molar-refractivity contribution is 7.81. The van der Waals surface area contributed by atoms with Gasteiger partial charge in [0.05, 0.1) is 6.61 Å². The van der Waals surface area contributed by atoms with Crippen LogP contribution in [0.2, 0.25) is 0 Å². The molecule has 3 N–H and O–H groups in total. The van der Waals surface area contributed by atoms with E-state index < -0.39 is 29.8 Å². The quantitative estimate of drug-likeness (QED) is 0.401. The van der Waals surface area contributed by atoms with Crippen LogP contribution in [0, 0.1) is 0 Å². The predicted molar refractivity (Wildman–Crippen MR) is 42.6 cm³/mol. The van der Waals surface area contributed by atoms with E-state index in [0.717, 1.165) is 0 Å². The monoisotopic (exact) mass is 180 g/mol. The number of aliphatic hydroxyl groups excluding tert-OH is 3. The van der Waals surface area contributed by atoms with Crippen molar-refractivity contribution < 1.29 is 20.1 Å². The van der Waals surface area contributed by atoms with E-state index >= 15 is 0 Å². The molecule has 0 radical (unpaired) electrons. The standard InChI is InChI=1S/C6H12O4S/c1-3(11)5(9)6(10)4(8)2-7/h3-5,7-9,11H,2H2,1H3/t3?,4-,5?/m1/s1. The SMILES string of the molecule is CC(S)C(O)C(=O)[C@H](O)CO. The minimum absolute atomic E-state index is 0.538. The lowest BCUT2D eigenvalue weighted by molar-refractivity contribution is -0.137. The summed E-state index contributed by atoms with van der Waals surface area (Å²) in [6, 6.07) is 0. The summed E-state index contributed by atoms with van der Waals surface area (Å²) < 4.78 is 0. The Kier molecular flexibility index (Phi) is 4.67. The minimum Gasteiger partial charge on any atom is -0.393 e. The maximum atomic E-state index is 10.8. The average Bonchev–Trinajstić information content (AvgIpc) is 2.00. The number of carbonyl (C=O) groups is 1. The number of thiol groups is 1. The first-order valence-corrected chi connectivity index (χ1v) is 3.71. The molecule has 4 nitrogen and oxygen atoms in total. The Morgan fingerprint density at radius 3 is 2.27 bits per heavy atom. The van der Waals surface area contributed by atoms with E-state index in [9.17, 15) is 4.79 Å². The van der Waals surface area contributed by atoms with Crippen molar-refractivity contribution >= 4 is 18.4 Å². The molecule has 0 rings (SSSR count). The van der Waals surface area contributed by atoms with Crippen LogP contribution in [0.3, 0.4) is 0 Å². The van der Waals surface area contributed by atoms with Crippen LogP contribution in [0.1, 0.15) is 6.92 Å². The number of hydrogen-bond donors (Lipinski definition) is 4. The van der Waals surface area contributed by atoms with Crippen molar-refractivity contribution in [3.8, 4) is 0 Å². The lowest BCUT2D eigenvalue weighted by Gasteiger charge is -2.14. The molecule has 2 unspecified atom stereocenters. The Labute approximate surface area is 70.3 Å². The van der Waals surface area contributed by atoms with Gasteiger partial charge in [0.15, 0.2) is 5.78 Å². The van der Waals surface area contributed by atoms with Crippen LogP contribution in [0.5, 0.6) is 0 Å². The third kappa shape index (κ3) is 3.20. The Bertz CT molecular complexity index is 137. The fourth-order valence-electron chi connectivity index (χ4n) is 0.525. The predicted octanol–water partition coefficient (Wildman–Crippen LogP) is -1.41. The van der Waals surface area contributed by atoms with Gasteiger partial charge in [0.25, 0.3) is 0 Å². The molecule has 0 saturated heterocycles. The van der Waals surface area contributed by atoms with Crippen LogP contribution in [0.15, 0.2) is 0 Å². The van der Waals surface area contributed by atoms with E-state index in [0.29, 0.717) is 0 Å². The normalized spacial score (nSPS) is 19.0. The molecule has 0 aliphatic carbocycles. The van der Waals surface area contributed by atoms with Gasteiger partial charge in [0, 0.05) is 5.25 Å². The van der Waals surface area contributed by atoms with Gasteiger partial charge in [-0.05, 0) is 0 Å². The fourth-order valence-corrected chi connectivity index (χ4v) is 0.672. The van der Waals surface area contributed by atoms with Crippen molar-refractivity contribution in [1.29, 1.82) is 0 Å². The van der Waals surface area contributed by atoms with E-state index in [-0.39, 0.29) is 0 Å². The third-order valence-electron chi connectivity index (χ3n) is 1.25. The van der Waals surface area contributed by atoms with Gasteiger partial charge in [0.2, 0.25) is 0 Å². The molecule has 0 aromatic heterocycles. The van der Waals surface area contributed by atoms with Gasteiger partial charge in [-0.2, -0.15) is 12.6 Å². The molecule has 0 aliphatic heterocycles. The Hall–Kier alpha value is -0.100. The van der Waals surface area contributed by atoms with E-state index in [1.54, 1.807) is 0 Å². The molecule has 0 aliphatic rings. The van der Waals surface area contributed by atoms with Gasteiger partial charge in [0.1, 0.15) is 12.2 Å². The number of ketones is 1. The molecule has 66 valence electrons. The summed E-state index contributed by atoms with van der Waals surface area (Å²) in [6.45, 7) is 0.853. The van der Waals surface area contributed by atoms with Gasteiger partial charge in [-0.25, -0.2) is 0 Å². The van der Waals surface area contributed by atoms with Crippen LogP contribution >= 0.6 is 12.6 Å². The van der Waals surface area contributed by atoms with Crippen LogP contribution < -0.4 is 0 Å². The number of rotatable bonds is 4. The molecule has 3 atom stereocenters. The zero-order chi connectivity index (χ0) is 9.02. The molecule has 0 bridgehead atoms. The smallest absolute Gasteiger partial charge is 0.193 e. The number of Topliss-reactive ketones (excluding diaryl/α,β-unsaturated/α-hetero) is 1. The molecular weight excluding hydrogens is 168 g/mol. The number of aliphatic hydroxyl groups is 3. The Morgan fingerprint density at radius 2 is 2.00 bits per heavy atom. The van der Waals surface area contributed by atoms with Gasteiger partial charge in [-0.15, -0.1) is 0 Å². The largest absolute Gasteiger partial charge is 0.393 e. The first-order chi connectivity index (χ1) is 5.00. The lowest BCUT2D eigenvalue weighted by atomic mass is 10.1. The minimum atomic E-state index is -1.50. The van der Waals surface area contributed by atoms with Crippen molar-refractivity contribution in [2.24, 2.45) is 0 Å². The lowest BCUT2D eigenvalue weighted by Crippen LogP contribution is -2.38. The maximum Gasteiger partial charge on any atom is 0.193 e. The highest BCUT2D eigenvalue weighted by atomic mass is 32.1. The molecule has 0 aromatic carbocycles. The number of hydrogen-bond acceptors (Lipinski definition) is 5. The van der Waals surface area contributed by atoms with Crippen molar-refractivity contribution in [2.45, 2.75) is 24.4 Å². The summed E-state index contributed by atoms with van der Waals surface area (Å²) in [5, 5.41) is 25.5. The second-order valence-electron chi connectivity index (χ2n) is 2.29. The molecule has 0 fully saturated rings. The van der Waals surface area contributed by atoms with Crippen LogP contribution in [-0.2, 0) is 4.79 Å². The summed E-state index contributed by atoms with van der Waals surface area (Å²) in [5.41, 5.74) is 0. The van der Waals surface area contributed by atoms with E-state index in [1.165, 1.54) is 6.92 Å². The summed E-state index contributed by atoms with van der Waals surface area (Å²) >= 11 is 3.80. The second-order valence-corrected chi connectivity index (χ2v) is 3.10. The van der Waals surface area contributed by atoms with Gasteiger partial charge < -0.3 is 15.3 Å². The summed E-state index contributed by atoms with van der Waals surface area (Å²) in [6.07, 6.45) is -2.82. The molecule has 0 amide bonds. The second kappa shape index (κ2) is 4.71. The molecule has 0 spiro atoms. The fraction of sp³-hybridized carbons (Fsp3) is 0.833. The molecule has 11 heavy (non-hydrogen) atoms. The van der Waals surface area contributed by atoms with Crippen molar-refractivity contribution in [3.63, 3.8) is 0 Å². The van der Waals surface area contributed by atoms with Gasteiger partial charge in [-0.3, -0.25) is 4.79 Å². The van der Waals surface area contributed by atoms with Crippen molar-refractivity contribution in [1.82, 2.24) is 0 Å². The summed E-state index contributed by atoms with van der Waals surface area (Å²) in [4.78, 5) is 10.8. The van der Waals surface area contributed by atoms with Crippen LogP contribution in [0.25, 0.3) is 0 Å². The van der Waals surface area contributed by atoms with E-state index in [4.69, 9.17) is 15.3 Å². The molecule has 5 heteroatoms. The zero-order valence-corrected chi connectivity index (χ0v) is 7.03. The average molecular weight is 180 g/mol. The molecule has 0 aromatic rings. The summed E-state index contributed by atoms with van der Waals surface area (Å²) in [7, 11) is 0. The summed E-state index contributed by atoms with van der Waals surface area (Å²) in [5.74, 6) is -0.796. The maximum absolute atomic E-state index is 10.8. The van der Waals surface area contributed by atoms with Gasteiger partial charge in [-0.1, -0.05) is 6.92 Å². The number of carbonyl (C=O) groups excluding carboxylic acids is 1. The zero-order valence-electron chi connectivity index (χ0n) is 6.14. The van der Waals surface area contributed by atoms with Crippen molar-refractivity contribution in [2.75, 3.05) is 6.61 Å². The molecular formula is C6H12O4S. The Balaban J connectivity index is 4.02. The van der Waals surface area contributed by atoms with Crippen molar-refractivity contribution in [3.05, 3.63) is 0 Å². The van der Waals surface area contributed by atoms with Crippen LogP contribution in [0.4, 0.5) is 0 Å². The van der Waals surface area contributed by atoms with E-state index in [1.807, 2.05) is 0 Å². The highest BCUT2D eigenvalue weighted by Crippen LogP contribution is 2.03. The van der Waals surface area contributed by atoms with E-state index in [2.05, 4.69) is 12.6 Å². The first kappa shape index (κ1) is 10.9. The first-order valence-electron chi connectivity index (χ1n) is 3.19. The molecule has 0 saturated carbocycles. The topological polar surface area (TPSA) is 77.8 Å².